The Morgan fingerprint density at radius 2 is 2.16 bits per heavy atom. The number of likely N-dealkylation sites (tertiary alicyclic amines) is 1. The first kappa shape index (κ1) is 13.9. The molecule has 1 unspecified atom stereocenters. The van der Waals surface area contributed by atoms with Crippen molar-refractivity contribution in [2.75, 3.05) is 6.54 Å². The molecule has 0 saturated carbocycles. The molecule has 1 aliphatic heterocycles. The Labute approximate surface area is 110 Å². The first-order valence-corrected chi connectivity index (χ1v) is 6.25. The highest BCUT2D eigenvalue weighted by atomic mass is 19.1. The largest absolute Gasteiger partial charge is 0.391 e. The lowest BCUT2D eigenvalue weighted by Gasteiger charge is -2.33. The SMILES string of the molecule is CC1(C)C(O)CCN1C(=O)Cc1ccc(F)cc1F. The molecule has 1 atom stereocenters. The van der Waals surface area contributed by atoms with Gasteiger partial charge in [-0.3, -0.25) is 4.79 Å². The van der Waals surface area contributed by atoms with Gasteiger partial charge < -0.3 is 10.0 Å². The summed E-state index contributed by atoms with van der Waals surface area (Å²) >= 11 is 0. The highest BCUT2D eigenvalue weighted by molar-refractivity contribution is 5.80. The van der Waals surface area contributed by atoms with Crippen LogP contribution in [0.25, 0.3) is 0 Å². The summed E-state index contributed by atoms with van der Waals surface area (Å²) in [7, 11) is 0. The summed E-state index contributed by atoms with van der Waals surface area (Å²) in [5.74, 6) is -1.64. The third-order valence-electron chi connectivity index (χ3n) is 3.80. The van der Waals surface area contributed by atoms with Crippen molar-refractivity contribution in [2.45, 2.75) is 38.3 Å². The van der Waals surface area contributed by atoms with Crippen molar-refractivity contribution in [1.29, 1.82) is 0 Å². The van der Waals surface area contributed by atoms with E-state index in [9.17, 15) is 18.7 Å². The number of rotatable bonds is 2. The number of amides is 1. The van der Waals surface area contributed by atoms with E-state index in [2.05, 4.69) is 0 Å². The van der Waals surface area contributed by atoms with E-state index in [1.165, 1.54) is 6.07 Å². The number of benzene rings is 1. The molecular formula is C14H17F2NO2. The van der Waals surface area contributed by atoms with Crippen LogP contribution in [0, 0.1) is 11.6 Å². The molecule has 3 nitrogen and oxygen atoms in total. The molecule has 1 amide bonds. The van der Waals surface area contributed by atoms with Crippen molar-refractivity contribution in [3.05, 3.63) is 35.4 Å². The smallest absolute Gasteiger partial charge is 0.227 e. The van der Waals surface area contributed by atoms with Crippen molar-refractivity contribution in [3.63, 3.8) is 0 Å². The normalized spacial score (nSPS) is 21.7. The van der Waals surface area contributed by atoms with E-state index in [0.29, 0.717) is 13.0 Å². The maximum Gasteiger partial charge on any atom is 0.227 e. The van der Waals surface area contributed by atoms with E-state index < -0.39 is 23.3 Å². The maximum atomic E-state index is 13.5. The molecule has 0 aliphatic carbocycles. The maximum absolute atomic E-state index is 13.5. The first-order chi connectivity index (χ1) is 8.82. The van der Waals surface area contributed by atoms with Crippen LogP contribution in [0.4, 0.5) is 8.78 Å². The standard InChI is InChI=1S/C14H17F2NO2/c1-14(2)12(18)5-6-17(14)13(19)7-9-3-4-10(15)8-11(9)16/h3-4,8,12,18H,5-7H2,1-2H3. The van der Waals surface area contributed by atoms with Crippen molar-refractivity contribution in [3.8, 4) is 0 Å². The molecule has 1 fully saturated rings. The lowest BCUT2D eigenvalue weighted by molar-refractivity contribution is -0.135. The van der Waals surface area contributed by atoms with Gasteiger partial charge in [-0.2, -0.15) is 0 Å². The quantitative estimate of drug-likeness (QED) is 0.890. The van der Waals surface area contributed by atoms with Crippen LogP contribution in [-0.2, 0) is 11.2 Å². The van der Waals surface area contributed by atoms with Gasteiger partial charge in [-0.1, -0.05) is 6.07 Å². The highest BCUT2D eigenvalue weighted by Crippen LogP contribution is 2.29. The second kappa shape index (κ2) is 4.89. The lowest BCUT2D eigenvalue weighted by atomic mass is 9.98. The Morgan fingerprint density at radius 1 is 1.47 bits per heavy atom. The minimum atomic E-state index is -0.717. The summed E-state index contributed by atoms with van der Waals surface area (Å²) in [4.78, 5) is 13.7. The van der Waals surface area contributed by atoms with Gasteiger partial charge in [0.2, 0.25) is 5.91 Å². The molecule has 0 spiro atoms. The minimum Gasteiger partial charge on any atom is -0.391 e. The fraction of sp³-hybridized carbons (Fsp3) is 0.500. The zero-order chi connectivity index (χ0) is 14.2. The summed E-state index contributed by atoms with van der Waals surface area (Å²) in [5, 5.41) is 9.82. The second-order valence-corrected chi connectivity index (χ2v) is 5.42. The molecule has 104 valence electrons. The molecule has 2 rings (SSSR count). The lowest BCUT2D eigenvalue weighted by Crippen LogP contribution is -2.48. The van der Waals surface area contributed by atoms with Crippen LogP contribution in [0.5, 0.6) is 0 Å². The molecule has 0 bridgehead atoms. The van der Waals surface area contributed by atoms with E-state index in [1.54, 1.807) is 18.7 Å². The molecule has 1 heterocycles. The summed E-state index contributed by atoms with van der Waals surface area (Å²) in [6, 6.07) is 3.18. The van der Waals surface area contributed by atoms with Crippen LogP contribution < -0.4 is 0 Å². The topological polar surface area (TPSA) is 40.5 Å². The average molecular weight is 269 g/mol. The van der Waals surface area contributed by atoms with E-state index in [4.69, 9.17) is 0 Å². The first-order valence-electron chi connectivity index (χ1n) is 6.25. The number of aliphatic hydroxyl groups excluding tert-OH is 1. The zero-order valence-corrected chi connectivity index (χ0v) is 11.0. The van der Waals surface area contributed by atoms with Gasteiger partial charge in [0.25, 0.3) is 0 Å². The predicted molar refractivity (Wildman–Crippen MR) is 66.5 cm³/mol. The van der Waals surface area contributed by atoms with Gasteiger partial charge in [0.15, 0.2) is 0 Å². The molecule has 1 aromatic carbocycles. The average Bonchev–Trinajstić information content (AvgIpc) is 2.58. The third kappa shape index (κ3) is 2.61. The Balaban J connectivity index is 2.14. The number of hydrogen-bond donors (Lipinski definition) is 1. The van der Waals surface area contributed by atoms with Crippen molar-refractivity contribution < 1.29 is 18.7 Å². The van der Waals surface area contributed by atoms with E-state index >= 15 is 0 Å². The Morgan fingerprint density at radius 3 is 2.68 bits per heavy atom. The second-order valence-electron chi connectivity index (χ2n) is 5.42. The van der Waals surface area contributed by atoms with Gasteiger partial charge in [-0.25, -0.2) is 8.78 Å². The zero-order valence-electron chi connectivity index (χ0n) is 11.0. The van der Waals surface area contributed by atoms with E-state index in [1.807, 2.05) is 0 Å². The van der Waals surface area contributed by atoms with Gasteiger partial charge in [0, 0.05) is 12.6 Å². The number of carbonyl (C=O) groups is 1. The van der Waals surface area contributed by atoms with Gasteiger partial charge in [0.1, 0.15) is 11.6 Å². The number of aliphatic hydroxyl groups is 1. The monoisotopic (exact) mass is 269 g/mol. The molecule has 0 radical (unpaired) electrons. The number of nitrogens with zero attached hydrogens (tertiary/aromatic N) is 1. The number of hydrogen-bond acceptors (Lipinski definition) is 2. The van der Waals surface area contributed by atoms with Crippen molar-refractivity contribution >= 4 is 5.91 Å². The summed E-state index contributed by atoms with van der Waals surface area (Å²) in [6.07, 6.45) is -0.179. The molecule has 1 aromatic rings. The van der Waals surface area contributed by atoms with Crippen LogP contribution in [0.1, 0.15) is 25.8 Å². The van der Waals surface area contributed by atoms with Crippen molar-refractivity contribution in [2.24, 2.45) is 0 Å². The summed E-state index contributed by atoms with van der Waals surface area (Å²) in [6.45, 7) is 4.02. The molecule has 5 heteroatoms. The summed E-state index contributed by atoms with van der Waals surface area (Å²) < 4.78 is 26.3. The van der Waals surface area contributed by atoms with Gasteiger partial charge in [0.05, 0.1) is 18.1 Å². The Bertz CT molecular complexity index is 502. The molecule has 1 aliphatic rings. The van der Waals surface area contributed by atoms with Crippen LogP contribution >= 0.6 is 0 Å². The van der Waals surface area contributed by atoms with Crippen LogP contribution in [0.15, 0.2) is 18.2 Å². The van der Waals surface area contributed by atoms with Crippen molar-refractivity contribution in [1.82, 2.24) is 4.90 Å². The fourth-order valence-corrected chi connectivity index (χ4v) is 2.44. The highest BCUT2D eigenvalue weighted by Gasteiger charge is 2.42. The molecule has 1 saturated heterocycles. The molecule has 1 N–H and O–H groups in total. The van der Waals surface area contributed by atoms with Gasteiger partial charge in [-0.05, 0) is 31.9 Å². The number of halogens is 2. The minimum absolute atomic E-state index is 0.123. The molecule has 19 heavy (non-hydrogen) atoms. The summed E-state index contributed by atoms with van der Waals surface area (Å²) in [5.41, 5.74) is -0.475. The van der Waals surface area contributed by atoms with E-state index in [-0.39, 0.29) is 17.9 Å². The van der Waals surface area contributed by atoms with Gasteiger partial charge in [-0.15, -0.1) is 0 Å². The van der Waals surface area contributed by atoms with Crippen LogP contribution in [-0.4, -0.2) is 34.1 Å². The number of carbonyl (C=O) groups excluding carboxylic acids is 1. The third-order valence-corrected chi connectivity index (χ3v) is 3.80. The molecular weight excluding hydrogens is 252 g/mol. The van der Waals surface area contributed by atoms with Gasteiger partial charge >= 0.3 is 0 Å². The predicted octanol–water partition coefficient (Wildman–Crippen LogP) is 1.88. The van der Waals surface area contributed by atoms with Crippen LogP contribution in [0.2, 0.25) is 0 Å². The van der Waals surface area contributed by atoms with Crippen LogP contribution in [0.3, 0.4) is 0 Å². The Hall–Kier alpha value is -1.49. The Kier molecular flexibility index (Phi) is 3.58. The van der Waals surface area contributed by atoms with E-state index in [0.717, 1.165) is 12.1 Å². The molecule has 0 aromatic heterocycles. The fourth-order valence-electron chi connectivity index (χ4n) is 2.44.